The van der Waals surface area contributed by atoms with Gasteiger partial charge in [0.05, 0.1) is 0 Å². The molecular weight excluding hydrogens is 144 g/mol. The molecule has 1 saturated carbocycles. The highest BCUT2D eigenvalue weighted by molar-refractivity contribution is 5.35. The smallest absolute Gasteiger partial charge is 0.301 e. The number of hydrogen-bond donors (Lipinski definition) is 0. The van der Waals surface area contributed by atoms with Crippen LogP contribution in [0.1, 0.15) is 40.0 Å². The van der Waals surface area contributed by atoms with Gasteiger partial charge in [-0.05, 0) is 20.8 Å². The first-order chi connectivity index (χ1) is 5.06. The van der Waals surface area contributed by atoms with E-state index < -0.39 is 5.60 Å². The van der Waals surface area contributed by atoms with Gasteiger partial charge in [0.1, 0.15) is 5.60 Å². The second-order valence-electron chi connectivity index (χ2n) is 3.45. The van der Waals surface area contributed by atoms with Crippen LogP contribution in [-0.4, -0.2) is 12.1 Å². The maximum absolute atomic E-state index is 9.50. The molecule has 3 nitrogen and oxygen atoms in total. The first-order valence-corrected chi connectivity index (χ1v) is 3.84. The van der Waals surface area contributed by atoms with Gasteiger partial charge in [-0.3, -0.25) is 4.79 Å². The van der Waals surface area contributed by atoms with Crippen LogP contribution >= 0.6 is 0 Å². The van der Waals surface area contributed by atoms with E-state index in [1.807, 2.05) is 0 Å². The fraction of sp³-hybridized carbons (Fsp3) is 0.875. The van der Waals surface area contributed by atoms with E-state index in [9.17, 15) is 4.79 Å². The van der Waals surface area contributed by atoms with Crippen LogP contribution in [-0.2, 0) is 14.6 Å². The zero-order chi connectivity index (χ0) is 8.74. The summed E-state index contributed by atoms with van der Waals surface area (Å²) in [6, 6.07) is 0. The second-order valence-corrected chi connectivity index (χ2v) is 3.45. The number of carbonyl (C=O) groups is 1. The Hall–Kier alpha value is -0.570. The third-order valence-electron chi connectivity index (χ3n) is 0.691. The Balaban J connectivity index is 0.000000271. The lowest BCUT2D eigenvalue weighted by Gasteiger charge is -2.13. The molecule has 1 aliphatic rings. The maximum atomic E-state index is 9.50. The van der Waals surface area contributed by atoms with Gasteiger partial charge in [0.25, 0.3) is 0 Å². The van der Waals surface area contributed by atoms with Crippen LogP contribution in [0.2, 0.25) is 0 Å². The molecule has 0 N–H and O–H groups in total. The summed E-state index contributed by atoms with van der Waals surface area (Å²) in [6.07, 6.45) is 4.50. The molecule has 0 bridgehead atoms. The largest absolute Gasteiger partial charge is 0.330 e. The molecule has 66 valence electrons. The highest BCUT2D eigenvalue weighted by Crippen LogP contribution is 2.14. The van der Waals surface area contributed by atoms with E-state index in [0.717, 1.165) is 0 Å². The van der Waals surface area contributed by atoms with E-state index in [1.165, 1.54) is 19.3 Å². The van der Waals surface area contributed by atoms with Crippen molar-refractivity contribution in [1.29, 1.82) is 0 Å². The molecule has 0 radical (unpaired) electrons. The summed E-state index contributed by atoms with van der Waals surface area (Å²) in [4.78, 5) is 18.0. The molecule has 0 aromatic rings. The Morgan fingerprint density at radius 3 is 1.73 bits per heavy atom. The van der Waals surface area contributed by atoms with Gasteiger partial charge in [-0.15, -0.1) is 0 Å². The van der Waals surface area contributed by atoms with Crippen molar-refractivity contribution >= 4 is 6.47 Å². The van der Waals surface area contributed by atoms with E-state index in [0.29, 0.717) is 0 Å². The molecule has 3 heteroatoms. The quantitative estimate of drug-likeness (QED) is 0.352. The van der Waals surface area contributed by atoms with E-state index in [4.69, 9.17) is 0 Å². The molecule has 0 aromatic carbocycles. The first kappa shape index (κ1) is 10.4. The highest BCUT2D eigenvalue weighted by Gasteiger charge is 2.10. The molecule has 0 aliphatic heterocycles. The molecule has 0 atom stereocenters. The van der Waals surface area contributed by atoms with Crippen LogP contribution in [0.3, 0.4) is 0 Å². The van der Waals surface area contributed by atoms with Crippen molar-refractivity contribution in [3.8, 4) is 0 Å². The Bertz CT molecular complexity index is 99.6. The summed E-state index contributed by atoms with van der Waals surface area (Å²) in [5, 5.41) is 0. The van der Waals surface area contributed by atoms with Crippen LogP contribution in [0.15, 0.2) is 0 Å². The molecular formula is C8H16O3. The minimum absolute atomic E-state index is 0.255. The fourth-order valence-corrected chi connectivity index (χ4v) is 0.164. The van der Waals surface area contributed by atoms with Crippen molar-refractivity contribution in [2.75, 3.05) is 0 Å². The summed E-state index contributed by atoms with van der Waals surface area (Å²) in [5.74, 6) is 0. The van der Waals surface area contributed by atoms with Gasteiger partial charge in [0.15, 0.2) is 0 Å². The predicted octanol–water partition coefficient (Wildman–Crippen LogP) is 2.06. The second kappa shape index (κ2) is 5.13. The normalized spacial score (nSPS) is 14.5. The van der Waals surface area contributed by atoms with Crippen LogP contribution in [0.25, 0.3) is 0 Å². The van der Waals surface area contributed by atoms with Crippen molar-refractivity contribution < 1.29 is 14.6 Å². The molecule has 11 heavy (non-hydrogen) atoms. The lowest BCUT2D eigenvalue weighted by molar-refractivity contribution is -0.310. The predicted molar refractivity (Wildman–Crippen MR) is 41.8 cm³/mol. The number of hydrogen-bond acceptors (Lipinski definition) is 3. The molecule has 0 unspecified atom stereocenters. The first-order valence-electron chi connectivity index (χ1n) is 3.84. The zero-order valence-electron chi connectivity index (χ0n) is 7.42. The monoisotopic (exact) mass is 160 g/mol. The summed E-state index contributed by atoms with van der Waals surface area (Å²) in [6.45, 7) is 5.62. The van der Waals surface area contributed by atoms with E-state index in [-0.39, 0.29) is 6.47 Å². The molecule has 0 amide bonds. The number of rotatable bonds is 2. The summed E-state index contributed by atoms with van der Waals surface area (Å²) < 4.78 is 0. The van der Waals surface area contributed by atoms with Gasteiger partial charge in [-0.25, -0.2) is 0 Å². The molecule has 0 aromatic heterocycles. The Morgan fingerprint density at radius 1 is 1.18 bits per heavy atom. The van der Waals surface area contributed by atoms with Gasteiger partial charge in [-0.1, -0.05) is 19.3 Å². The molecule has 0 spiro atoms. The SMILES string of the molecule is C1CC1.CC(C)(C)OOC=O. The lowest BCUT2D eigenvalue weighted by Crippen LogP contribution is -2.18. The average molecular weight is 160 g/mol. The van der Waals surface area contributed by atoms with Crippen molar-refractivity contribution in [2.24, 2.45) is 0 Å². The maximum Gasteiger partial charge on any atom is 0.330 e. The van der Waals surface area contributed by atoms with Crippen molar-refractivity contribution in [3.63, 3.8) is 0 Å². The van der Waals surface area contributed by atoms with Gasteiger partial charge in [0.2, 0.25) is 0 Å². The Morgan fingerprint density at radius 2 is 1.64 bits per heavy atom. The average Bonchev–Trinajstić information content (AvgIpc) is 2.65. The van der Waals surface area contributed by atoms with Crippen molar-refractivity contribution in [1.82, 2.24) is 0 Å². The van der Waals surface area contributed by atoms with E-state index in [2.05, 4.69) is 9.78 Å². The number of carbonyl (C=O) groups excluding carboxylic acids is 1. The van der Waals surface area contributed by atoms with Crippen molar-refractivity contribution in [3.05, 3.63) is 0 Å². The topological polar surface area (TPSA) is 35.5 Å². The standard InChI is InChI=1S/C5H10O3.C3H6/c1-5(2,3)8-7-4-6;1-2-3-1/h4H,1-3H3;1-3H2. The minimum atomic E-state index is -0.402. The lowest BCUT2D eigenvalue weighted by atomic mass is 10.2. The van der Waals surface area contributed by atoms with Crippen LogP contribution in [0.4, 0.5) is 0 Å². The third-order valence-corrected chi connectivity index (χ3v) is 0.691. The van der Waals surface area contributed by atoms with Gasteiger partial charge >= 0.3 is 6.47 Å². The molecule has 0 saturated heterocycles. The summed E-state index contributed by atoms with van der Waals surface area (Å²) >= 11 is 0. The molecule has 1 rings (SSSR count). The zero-order valence-corrected chi connectivity index (χ0v) is 7.42. The Labute approximate surface area is 67.6 Å². The molecule has 1 aliphatic carbocycles. The highest BCUT2D eigenvalue weighted by atomic mass is 17.2. The van der Waals surface area contributed by atoms with Crippen LogP contribution < -0.4 is 0 Å². The van der Waals surface area contributed by atoms with Gasteiger partial charge < -0.3 is 4.89 Å². The fourth-order valence-electron chi connectivity index (χ4n) is 0.164. The summed E-state index contributed by atoms with van der Waals surface area (Å²) in [7, 11) is 0. The summed E-state index contributed by atoms with van der Waals surface area (Å²) in [5.41, 5.74) is -0.402. The van der Waals surface area contributed by atoms with Crippen LogP contribution in [0.5, 0.6) is 0 Å². The third kappa shape index (κ3) is 17.7. The van der Waals surface area contributed by atoms with Crippen LogP contribution in [0, 0.1) is 0 Å². The molecule has 0 heterocycles. The van der Waals surface area contributed by atoms with E-state index >= 15 is 0 Å². The minimum Gasteiger partial charge on any atom is -0.301 e. The Kier molecular flexibility index (Phi) is 4.86. The van der Waals surface area contributed by atoms with Crippen molar-refractivity contribution in [2.45, 2.75) is 45.6 Å². The molecule has 1 fully saturated rings. The van der Waals surface area contributed by atoms with Gasteiger partial charge in [0, 0.05) is 0 Å². The van der Waals surface area contributed by atoms with E-state index in [1.54, 1.807) is 20.8 Å². The van der Waals surface area contributed by atoms with Gasteiger partial charge in [-0.2, -0.15) is 4.89 Å².